The second-order valence-electron chi connectivity index (χ2n) is 4.84. The molecule has 0 radical (unpaired) electrons. The van der Waals surface area contributed by atoms with E-state index in [1.165, 1.54) is 4.90 Å². The number of hydrogen-bond donors (Lipinski definition) is 1. The molecular formula is C17H12Cl2N2OS. The van der Waals surface area contributed by atoms with Crippen LogP contribution in [-0.2, 0) is 0 Å². The van der Waals surface area contributed by atoms with Crippen LogP contribution >= 0.6 is 35.0 Å². The summed E-state index contributed by atoms with van der Waals surface area (Å²) in [4.78, 5) is 20.4. The Hall–Kier alpha value is -1.75. The van der Waals surface area contributed by atoms with Crippen molar-refractivity contribution in [2.75, 3.05) is 6.26 Å². The van der Waals surface area contributed by atoms with E-state index >= 15 is 0 Å². The van der Waals surface area contributed by atoms with Gasteiger partial charge in [-0.15, -0.1) is 11.8 Å². The first-order chi connectivity index (χ1) is 11.1. The Morgan fingerprint density at radius 1 is 1.22 bits per heavy atom. The Labute approximate surface area is 147 Å². The van der Waals surface area contributed by atoms with E-state index < -0.39 is 0 Å². The Morgan fingerprint density at radius 3 is 2.65 bits per heavy atom. The summed E-state index contributed by atoms with van der Waals surface area (Å²) in [6.07, 6.45) is 3.78. The van der Waals surface area contributed by atoms with E-state index in [4.69, 9.17) is 23.2 Å². The van der Waals surface area contributed by atoms with Crippen molar-refractivity contribution in [2.24, 2.45) is 0 Å². The number of benzene rings is 2. The highest BCUT2D eigenvalue weighted by Gasteiger charge is 2.07. The quantitative estimate of drug-likeness (QED) is 0.664. The van der Waals surface area contributed by atoms with E-state index in [2.05, 4.69) is 9.97 Å². The fourth-order valence-corrected chi connectivity index (χ4v) is 2.93. The van der Waals surface area contributed by atoms with Gasteiger partial charge in [0.1, 0.15) is 0 Å². The topological polar surface area (TPSA) is 45.8 Å². The van der Waals surface area contributed by atoms with E-state index in [0.29, 0.717) is 26.8 Å². The SMILES string of the molecule is CSc1ccc(C=C(Cl)c2nc3cc(Cl)ccc3c(=O)[nH]2)cc1. The van der Waals surface area contributed by atoms with Crippen LogP contribution in [-0.4, -0.2) is 16.2 Å². The molecule has 2 aromatic carbocycles. The normalized spacial score (nSPS) is 11.9. The molecule has 0 bridgehead atoms. The number of aromatic amines is 1. The molecule has 0 spiro atoms. The zero-order valence-corrected chi connectivity index (χ0v) is 14.5. The van der Waals surface area contributed by atoms with Crippen molar-refractivity contribution in [1.82, 2.24) is 9.97 Å². The Kier molecular flexibility index (Phi) is 4.76. The van der Waals surface area contributed by atoms with Gasteiger partial charge >= 0.3 is 0 Å². The second kappa shape index (κ2) is 6.79. The molecule has 23 heavy (non-hydrogen) atoms. The van der Waals surface area contributed by atoms with Crippen LogP contribution in [0.5, 0.6) is 0 Å². The zero-order chi connectivity index (χ0) is 16.4. The zero-order valence-electron chi connectivity index (χ0n) is 12.1. The lowest BCUT2D eigenvalue weighted by Gasteiger charge is -2.03. The number of nitrogens with one attached hydrogen (secondary N) is 1. The van der Waals surface area contributed by atoms with Gasteiger partial charge in [-0.25, -0.2) is 4.98 Å². The molecular weight excluding hydrogens is 351 g/mol. The number of halogens is 2. The first-order valence-corrected chi connectivity index (χ1v) is 8.76. The molecule has 0 fully saturated rings. The van der Waals surface area contributed by atoms with E-state index in [-0.39, 0.29) is 5.56 Å². The fraction of sp³-hybridized carbons (Fsp3) is 0.0588. The number of nitrogens with zero attached hydrogens (tertiary/aromatic N) is 1. The molecule has 1 N–H and O–H groups in total. The van der Waals surface area contributed by atoms with Gasteiger partial charge in [-0.05, 0) is 48.2 Å². The summed E-state index contributed by atoms with van der Waals surface area (Å²) in [6.45, 7) is 0. The Morgan fingerprint density at radius 2 is 1.96 bits per heavy atom. The van der Waals surface area contributed by atoms with E-state index in [1.54, 1.807) is 36.0 Å². The summed E-state index contributed by atoms with van der Waals surface area (Å²) in [5.41, 5.74) is 1.20. The lowest BCUT2D eigenvalue weighted by Crippen LogP contribution is -2.10. The molecule has 0 saturated carbocycles. The van der Waals surface area contributed by atoms with Gasteiger partial charge in [-0.2, -0.15) is 0 Å². The molecule has 6 heteroatoms. The van der Waals surface area contributed by atoms with Crippen molar-refractivity contribution in [2.45, 2.75) is 4.90 Å². The molecule has 3 rings (SSSR count). The van der Waals surface area contributed by atoms with Crippen LogP contribution in [0, 0.1) is 0 Å². The molecule has 0 saturated heterocycles. The molecule has 0 atom stereocenters. The minimum Gasteiger partial charge on any atom is -0.305 e. The van der Waals surface area contributed by atoms with Crippen LogP contribution in [0.15, 0.2) is 52.2 Å². The first kappa shape index (κ1) is 16.1. The predicted molar refractivity (Wildman–Crippen MR) is 99.3 cm³/mol. The number of thioether (sulfide) groups is 1. The van der Waals surface area contributed by atoms with Crippen molar-refractivity contribution >= 4 is 57.0 Å². The molecule has 0 aliphatic rings. The summed E-state index contributed by atoms with van der Waals surface area (Å²) >= 11 is 13.9. The van der Waals surface area contributed by atoms with Crippen LogP contribution in [0.25, 0.3) is 22.0 Å². The van der Waals surface area contributed by atoms with Gasteiger partial charge in [0.05, 0.1) is 15.9 Å². The van der Waals surface area contributed by atoms with Crippen molar-refractivity contribution in [3.05, 3.63) is 69.2 Å². The molecule has 1 aromatic heterocycles. The standard InChI is InChI=1S/C17H12Cl2N2OS/c1-23-12-5-2-10(3-6-12)8-14(19)16-20-15-9-11(18)4-7-13(15)17(22)21-16/h2-9H,1H3,(H,20,21,22). The van der Waals surface area contributed by atoms with E-state index in [1.807, 2.05) is 30.5 Å². The van der Waals surface area contributed by atoms with Crippen molar-refractivity contribution < 1.29 is 0 Å². The van der Waals surface area contributed by atoms with Gasteiger partial charge in [0.25, 0.3) is 5.56 Å². The number of H-pyrrole nitrogens is 1. The van der Waals surface area contributed by atoms with Crippen molar-refractivity contribution in [3.8, 4) is 0 Å². The summed E-state index contributed by atoms with van der Waals surface area (Å²) in [7, 11) is 0. The van der Waals surface area contributed by atoms with Gasteiger partial charge in [0.2, 0.25) is 0 Å². The van der Waals surface area contributed by atoms with Crippen LogP contribution in [0.2, 0.25) is 5.02 Å². The van der Waals surface area contributed by atoms with Gasteiger partial charge in [0.15, 0.2) is 5.82 Å². The Bertz CT molecular complexity index is 949. The number of fused-ring (bicyclic) bond motifs is 1. The number of hydrogen-bond acceptors (Lipinski definition) is 3. The average molecular weight is 363 g/mol. The van der Waals surface area contributed by atoms with Gasteiger partial charge in [0, 0.05) is 9.92 Å². The Balaban J connectivity index is 2.04. The molecule has 3 aromatic rings. The minimum absolute atomic E-state index is 0.244. The van der Waals surface area contributed by atoms with E-state index in [0.717, 1.165) is 5.56 Å². The number of rotatable bonds is 3. The molecule has 0 aliphatic carbocycles. The minimum atomic E-state index is -0.244. The highest BCUT2D eigenvalue weighted by Crippen LogP contribution is 2.22. The average Bonchev–Trinajstić information content (AvgIpc) is 2.55. The van der Waals surface area contributed by atoms with Crippen LogP contribution in [0.1, 0.15) is 11.4 Å². The van der Waals surface area contributed by atoms with Crippen molar-refractivity contribution in [3.63, 3.8) is 0 Å². The van der Waals surface area contributed by atoms with E-state index in [9.17, 15) is 4.79 Å². The van der Waals surface area contributed by atoms with Crippen LogP contribution in [0.3, 0.4) is 0 Å². The number of aromatic nitrogens is 2. The highest BCUT2D eigenvalue weighted by molar-refractivity contribution is 7.98. The molecule has 0 amide bonds. The first-order valence-electron chi connectivity index (χ1n) is 6.78. The molecule has 3 nitrogen and oxygen atoms in total. The molecule has 0 unspecified atom stereocenters. The smallest absolute Gasteiger partial charge is 0.259 e. The maximum atomic E-state index is 12.1. The lowest BCUT2D eigenvalue weighted by molar-refractivity contribution is 1.14. The highest BCUT2D eigenvalue weighted by atomic mass is 35.5. The maximum absolute atomic E-state index is 12.1. The summed E-state index contributed by atoms with van der Waals surface area (Å²) in [6, 6.07) is 12.9. The van der Waals surface area contributed by atoms with Gasteiger partial charge in [-0.1, -0.05) is 35.3 Å². The van der Waals surface area contributed by atoms with Crippen LogP contribution in [0.4, 0.5) is 0 Å². The third-order valence-electron chi connectivity index (χ3n) is 3.30. The predicted octanol–water partition coefficient (Wildman–Crippen LogP) is 5.04. The summed E-state index contributed by atoms with van der Waals surface area (Å²) in [5, 5.41) is 1.36. The summed E-state index contributed by atoms with van der Waals surface area (Å²) < 4.78 is 0. The van der Waals surface area contributed by atoms with Crippen LogP contribution < -0.4 is 5.56 Å². The lowest BCUT2D eigenvalue weighted by atomic mass is 10.2. The van der Waals surface area contributed by atoms with Gasteiger partial charge < -0.3 is 4.98 Å². The second-order valence-corrected chi connectivity index (χ2v) is 6.56. The molecule has 116 valence electrons. The maximum Gasteiger partial charge on any atom is 0.259 e. The third kappa shape index (κ3) is 3.61. The monoisotopic (exact) mass is 362 g/mol. The largest absolute Gasteiger partial charge is 0.305 e. The molecule has 0 aliphatic heterocycles. The summed E-state index contributed by atoms with van der Waals surface area (Å²) in [5.74, 6) is 0.320. The third-order valence-corrected chi connectivity index (χ3v) is 4.57. The molecule has 1 heterocycles. The van der Waals surface area contributed by atoms with Crippen molar-refractivity contribution in [1.29, 1.82) is 0 Å². The van der Waals surface area contributed by atoms with Gasteiger partial charge in [-0.3, -0.25) is 4.79 Å². The fourth-order valence-electron chi connectivity index (χ4n) is 2.14.